The molecule has 4 rings (SSSR count). The number of benzene rings is 1. The van der Waals surface area contributed by atoms with Gasteiger partial charge < -0.3 is 28.4 Å². The maximum atomic E-state index is 9.24. The summed E-state index contributed by atoms with van der Waals surface area (Å²) < 4.78 is 8.51. The first-order valence-electron chi connectivity index (χ1n) is 10.8. The van der Waals surface area contributed by atoms with Crippen LogP contribution in [0.15, 0.2) is 55.1 Å². The van der Waals surface area contributed by atoms with E-state index < -0.39 is 18.3 Å². The van der Waals surface area contributed by atoms with Crippen LogP contribution >= 0.6 is 11.6 Å². The Morgan fingerprint density at radius 2 is 1.51 bits per heavy atom. The summed E-state index contributed by atoms with van der Waals surface area (Å²) in [7, 11) is -5.38. The lowest BCUT2D eigenvalue weighted by Gasteiger charge is -2.09. The van der Waals surface area contributed by atoms with Crippen molar-refractivity contribution in [2.45, 2.75) is 19.1 Å². The Morgan fingerprint density at radius 1 is 0.943 bits per heavy atom. The lowest BCUT2D eigenvalue weighted by Crippen LogP contribution is -2.42. The first-order valence-corrected chi connectivity index (χ1v) is 14.7. The number of fused-ring (bicyclic) bond motifs is 1. The molecule has 0 fully saturated rings. The molecule has 0 saturated heterocycles. The third-order valence-corrected chi connectivity index (χ3v) is 7.15. The van der Waals surface area contributed by atoms with Gasteiger partial charge in [0.1, 0.15) is 11.0 Å². The predicted molar refractivity (Wildman–Crippen MR) is 130 cm³/mol. The van der Waals surface area contributed by atoms with E-state index in [0.29, 0.717) is 22.6 Å². The molecule has 4 aromatic rings. The summed E-state index contributed by atoms with van der Waals surface area (Å²) in [6, 6.07) is 9.30. The van der Waals surface area contributed by atoms with Crippen molar-refractivity contribution in [1.29, 1.82) is 0 Å². The van der Waals surface area contributed by atoms with E-state index in [4.69, 9.17) is 25.6 Å². The molecule has 5 N–H and O–H groups in total. The number of rotatable bonds is 9. The van der Waals surface area contributed by atoms with Gasteiger partial charge in [-0.3, -0.25) is 0 Å². The molecule has 0 aliphatic carbocycles. The van der Waals surface area contributed by atoms with Crippen LogP contribution in [-0.4, -0.2) is 63.9 Å². The van der Waals surface area contributed by atoms with Crippen molar-refractivity contribution < 1.29 is 37.5 Å². The lowest BCUT2D eigenvalue weighted by atomic mass is 9.98. The van der Waals surface area contributed by atoms with E-state index in [1.165, 1.54) is 4.80 Å². The molecule has 0 spiro atoms. The SMILES string of the molecule is Cn1nc2c(-c3cc[n+](CC[Si](O)(O)O)cc3)cc(Cl)c(-c3cc[n+](CCO[SiH](O)O)cc3)c2n1. The predicted octanol–water partition coefficient (Wildman–Crippen LogP) is -0.835. The molecule has 0 saturated carbocycles. The van der Waals surface area contributed by atoms with Crippen LogP contribution in [0.4, 0.5) is 0 Å². The van der Waals surface area contributed by atoms with E-state index in [0.717, 1.165) is 22.3 Å². The normalized spacial score (nSPS) is 12.1. The fourth-order valence-electron chi connectivity index (χ4n) is 3.73. The summed E-state index contributed by atoms with van der Waals surface area (Å²) in [5.74, 6) is 0. The largest absolute Gasteiger partial charge is 0.499 e. The van der Waals surface area contributed by atoms with Gasteiger partial charge in [-0.1, -0.05) is 11.6 Å². The third-order valence-electron chi connectivity index (χ3n) is 5.42. The number of aryl methyl sites for hydroxylation is 2. The standard InChI is InChI=1S/C21H26ClN5O6Si2/c1-25-23-20-17(15-2-6-27(7-3-15)11-13-35(30,31)32)14-18(22)19(21(20)24-25)16-4-8-26(9-5-16)10-12-33-34(28)29/h2-9,14,28-32,34H,10-13H2,1H3/q+2. The summed E-state index contributed by atoms with van der Waals surface area (Å²) in [6.07, 6.45) is 7.29. The molecule has 3 heterocycles. The highest BCUT2D eigenvalue weighted by Gasteiger charge is 2.28. The summed E-state index contributed by atoms with van der Waals surface area (Å²) in [6.45, 7) is 0.959. The molecular formula is C21H26ClN5O6Si2+2. The Kier molecular flexibility index (Phi) is 7.70. The maximum absolute atomic E-state index is 9.24. The fourth-order valence-corrected chi connectivity index (χ4v) is 4.92. The van der Waals surface area contributed by atoms with Crippen molar-refractivity contribution in [2.24, 2.45) is 7.05 Å². The zero-order valence-corrected chi connectivity index (χ0v) is 21.8. The van der Waals surface area contributed by atoms with Crippen LogP contribution in [0.2, 0.25) is 11.1 Å². The molecule has 0 atom stereocenters. The van der Waals surface area contributed by atoms with Gasteiger partial charge in [-0.25, -0.2) is 9.13 Å². The third kappa shape index (κ3) is 6.35. The average molecular weight is 536 g/mol. The van der Waals surface area contributed by atoms with Gasteiger partial charge in [0.15, 0.2) is 37.9 Å². The highest BCUT2D eigenvalue weighted by Crippen LogP contribution is 2.38. The topological polar surface area (TPSA) is 149 Å². The monoisotopic (exact) mass is 535 g/mol. The number of hydrogen-bond acceptors (Lipinski definition) is 8. The summed E-state index contributed by atoms with van der Waals surface area (Å²) in [4.78, 5) is 47.1. The highest BCUT2D eigenvalue weighted by molar-refractivity contribution is 6.56. The molecule has 0 aliphatic rings. The molecule has 11 nitrogen and oxygen atoms in total. The van der Waals surface area contributed by atoms with Gasteiger partial charge in [0, 0.05) is 42.4 Å². The van der Waals surface area contributed by atoms with E-state index in [-0.39, 0.29) is 19.2 Å². The van der Waals surface area contributed by atoms with Crippen LogP contribution in [0.3, 0.4) is 0 Å². The summed E-state index contributed by atoms with van der Waals surface area (Å²) in [5, 5.41) is 9.64. The molecule has 35 heavy (non-hydrogen) atoms. The van der Waals surface area contributed by atoms with Gasteiger partial charge in [-0.2, -0.15) is 15.0 Å². The van der Waals surface area contributed by atoms with Crippen LogP contribution in [0, 0.1) is 0 Å². The van der Waals surface area contributed by atoms with Crippen LogP contribution in [0.5, 0.6) is 0 Å². The summed E-state index contributed by atoms with van der Waals surface area (Å²) >= 11 is 6.75. The van der Waals surface area contributed by atoms with Crippen molar-refractivity contribution >= 4 is 41.0 Å². The molecule has 0 unspecified atom stereocenters. The number of nitrogens with zero attached hydrogens (tertiary/aromatic N) is 5. The highest BCUT2D eigenvalue weighted by atomic mass is 35.5. The van der Waals surface area contributed by atoms with Crippen molar-refractivity contribution in [2.75, 3.05) is 6.61 Å². The second-order valence-corrected chi connectivity index (χ2v) is 11.5. The fraction of sp³-hybridized carbons (Fsp3) is 0.238. The van der Waals surface area contributed by atoms with Crippen LogP contribution in [-0.2, 0) is 24.6 Å². The van der Waals surface area contributed by atoms with Crippen molar-refractivity contribution in [3.8, 4) is 22.3 Å². The number of aromatic nitrogens is 5. The van der Waals surface area contributed by atoms with Crippen molar-refractivity contribution in [1.82, 2.24) is 15.0 Å². The zero-order chi connectivity index (χ0) is 25.2. The van der Waals surface area contributed by atoms with E-state index >= 15 is 0 Å². The zero-order valence-electron chi connectivity index (χ0n) is 18.9. The molecule has 0 aliphatic heterocycles. The van der Waals surface area contributed by atoms with Gasteiger partial charge in [0.2, 0.25) is 0 Å². The number of hydrogen-bond donors (Lipinski definition) is 5. The maximum Gasteiger partial charge on any atom is 0.499 e. The Labute approximate surface area is 208 Å². The molecule has 0 radical (unpaired) electrons. The van der Waals surface area contributed by atoms with Gasteiger partial charge in [-0.15, -0.1) is 0 Å². The van der Waals surface area contributed by atoms with Crippen LogP contribution < -0.4 is 9.13 Å². The van der Waals surface area contributed by atoms with Crippen LogP contribution in [0.1, 0.15) is 0 Å². The molecule has 14 heteroatoms. The second kappa shape index (κ2) is 10.6. The number of halogens is 1. The molecule has 1 aromatic carbocycles. The minimum Gasteiger partial charge on any atom is -0.392 e. The van der Waals surface area contributed by atoms with E-state index in [9.17, 15) is 14.4 Å². The number of pyridine rings is 2. The van der Waals surface area contributed by atoms with E-state index in [1.807, 2.05) is 47.3 Å². The smallest absolute Gasteiger partial charge is 0.392 e. The lowest BCUT2D eigenvalue weighted by molar-refractivity contribution is -0.697. The van der Waals surface area contributed by atoms with Gasteiger partial charge in [0.05, 0.1) is 17.7 Å². The van der Waals surface area contributed by atoms with Gasteiger partial charge in [-0.05, 0) is 17.2 Å². The van der Waals surface area contributed by atoms with E-state index in [2.05, 4.69) is 10.2 Å². The Bertz CT molecular complexity index is 1310. The summed E-state index contributed by atoms with van der Waals surface area (Å²) in [5.41, 5.74) is 4.61. The first kappa shape index (κ1) is 25.5. The second-order valence-electron chi connectivity index (χ2n) is 8.04. The Hall–Kier alpha value is -2.60. The molecule has 0 amide bonds. The average Bonchev–Trinajstić information content (AvgIpc) is 3.18. The van der Waals surface area contributed by atoms with Crippen LogP contribution in [0.25, 0.3) is 33.3 Å². The molecule has 0 bridgehead atoms. The van der Waals surface area contributed by atoms with E-state index in [1.54, 1.807) is 24.0 Å². The van der Waals surface area contributed by atoms with Crippen molar-refractivity contribution in [3.63, 3.8) is 0 Å². The minimum absolute atomic E-state index is 0.0961. The quantitative estimate of drug-likeness (QED) is 0.138. The molecular weight excluding hydrogens is 510 g/mol. The minimum atomic E-state index is -4.10. The first-order chi connectivity index (χ1) is 16.6. The Balaban J connectivity index is 1.65. The molecule has 3 aromatic heterocycles. The van der Waals surface area contributed by atoms with Crippen molar-refractivity contribution in [3.05, 3.63) is 60.1 Å². The molecule has 184 valence electrons. The van der Waals surface area contributed by atoms with Gasteiger partial charge in [0.25, 0.3) is 0 Å². The van der Waals surface area contributed by atoms with Gasteiger partial charge >= 0.3 is 18.3 Å². The Morgan fingerprint density at radius 3 is 2.11 bits per heavy atom.